The first-order valence-corrected chi connectivity index (χ1v) is 4.40. The Kier molecular flexibility index (Phi) is 1.82. The molecule has 16 heavy (non-hydrogen) atoms. The molecule has 0 aliphatic heterocycles. The maximum absolute atomic E-state index is 12.9. The summed E-state index contributed by atoms with van der Waals surface area (Å²) in [5.41, 5.74) is 0.894. The van der Waals surface area contributed by atoms with Gasteiger partial charge in [-0.3, -0.25) is 5.32 Å². The molecular formula is C9H5FN4O2. The number of hydrogen-bond donors (Lipinski definition) is 1. The van der Waals surface area contributed by atoms with Crippen molar-refractivity contribution in [2.75, 3.05) is 5.32 Å². The fourth-order valence-electron chi connectivity index (χ4n) is 1.27. The Morgan fingerprint density at radius 3 is 3.00 bits per heavy atom. The summed E-state index contributed by atoms with van der Waals surface area (Å²) in [4.78, 5) is 4.06. The minimum Gasteiger partial charge on any atom is -0.423 e. The smallest absolute Gasteiger partial charge is 0.323 e. The van der Waals surface area contributed by atoms with Crippen molar-refractivity contribution >= 4 is 23.1 Å². The van der Waals surface area contributed by atoms with Gasteiger partial charge in [0, 0.05) is 6.07 Å². The summed E-state index contributed by atoms with van der Waals surface area (Å²) < 4.78 is 23.0. The molecule has 0 bridgehead atoms. The molecule has 0 saturated heterocycles. The SMILES string of the molecule is Fc1ccc2nc(Nc3nnco3)oc2c1. The van der Waals surface area contributed by atoms with Crippen LogP contribution in [0.1, 0.15) is 0 Å². The monoisotopic (exact) mass is 220 g/mol. The lowest BCUT2D eigenvalue weighted by atomic mass is 10.3. The van der Waals surface area contributed by atoms with Crippen LogP contribution in [0.5, 0.6) is 0 Å². The Morgan fingerprint density at radius 1 is 1.25 bits per heavy atom. The number of oxazole rings is 1. The van der Waals surface area contributed by atoms with Gasteiger partial charge >= 0.3 is 12.0 Å². The lowest BCUT2D eigenvalue weighted by molar-refractivity contribution is 0.558. The molecule has 0 aliphatic carbocycles. The van der Waals surface area contributed by atoms with E-state index < -0.39 is 0 Å². The van der Waals surface area contributed by atoms with Crippen LogP contribution in [-0.4, -0.2) is 15.2 Å². The zero-order chi connectivity index (χ0) is 11.0. The normalized spacial score (nSPS) is 10.8. The van der Waals surface area contributed by atoms with E-state index >= 15 is 0 Å². The Morgan fingerprint density at radius 2 is 2.19 bits per heavy atom. The number of hydrogen-bond acceptors (Lipinski definition) is 6. The quantitative estimate of drug-likeness (QED) is 0.712. The number of aromatic nitrogens is 3. The second-order valence-electron chi connectivity index (χ2n) is 3.00. The van der Waals surface area contributed by atoms with Crippen molar-refractivity contribution in [3.8, 4) is 0 Å². The van der Waals surface area contributed by atoms with E-state index in [1.807, 2.05) is 0 Å². The zero-order valence-electron chi connectivity index (χ0n) is 7.85. The lowest BCUT2D eigenvalue weighted by Gasteiger charge is -1.90. The molecule has 1 aromatic carbocycles. The van der Waals surface area contributed by atoms with Gasteiger partial charge in [-0.2, -0.15) is 4.98 Å². The van der Waals surface area contributed by atoms with E-state index in [1.54, 1.807) is 0 Å². The molecule has 3 rings (SSSR count). The van der Waals surface area contributed by atoms with Gasteiger partial charge in [-0.15, -0.1) is 5.10 Å². The topological polar surface area (TPSA) is 77.0 Å². The third kappa shape index (κ3) is 1.48. The fraction of sp³-hybridized carbons (Fsp3) is 0. The number of fused-ring (bicyclic) bond motifs is 1. The molecule has 0 spiro atoms. The summed E-state index contributed by atoms with van der Waals surface area (Å²) in [6.07, 6.45) is 1.17. The predicted molar refractivity (Wildman–Crippen MR) is 51.5 cm³/mol. The number of nitrogens with zero attached hydrogens (tertiary/aromatic N) is 3. The van der Waals surface area contributed by atoms with E-state index in [4.69, 9.17) is 8.83 Å². The standard InChI is InChI=1S/C9H5FN4O2/c10-5-1-2-6-7(3-5)16-8(12-6)13-9-14-11-4-15-9/h1-4H,(H,12,13,14). The van der Waals surface area contributed by atoms with Crippen LogP contribution < -0.4 is 5.32 Å². The third-order valence-electron chi connectivity index (χ3n) is 1.92. The third-order valence-corrected chi connectivity index (χ3v) is 1.92. The Hall–Kier alpha value is -2.44. The van der Waals surface area contributed by atoms with Crippen LogP contribution >= 0.6 is 0 Å². The summed E-state index contributed by atoms with van der Waals surface area (Å²) in [5.74, 6) is -0.381. The van der Waals surface area contributed by atoms with Crippen LogP contribution in [0.2, 0.25) is 0 Å². The summed E-state index contributed by atoms with van der Waals surface area (Å²) in [6, 6.07) is 4.41. The fourth-order valence-corrected chi connectivity index (χ4v) is 1.27. The first kappa shape index (κ1) is 8.84. The number of benzene rings is 1. The van der Waals surface area contributed by atoms with E-state index in [0.717, 1.165) is 0 Å². The highest BCUT2D eigenvalue weighted by molar-refractivity contribution is 5.74. The molecule has 80 valence electrons. The van der Waals surface area contributed by atoms with Crippen LogP contribution in [-0.2, 0) is 0 Å². The Bertz CT molecular complexity index is 620. The molecular weight excluding hydrogens is 215 g/mol. The number of rotatable bonds is 2. The molecule has 0 amide bonds. The van der Waals surface area contributed by atoms with Crippen molar-refractivity contribution in [1.29, 1.82) is 0 Å². The largest absolute Gasteiger partial charge is 0.423 e. The number of halogens is 1. The molecule has 1 N–H and O–H groups in total. The van der Waals surface area contributed by atoms with Gasteiger partial charge in [0.05, 0.1) is 0 Å². The molecule has 0 fully saturated rings. The molecule has 0 unspecified atom stereocenters. The van der Waals surface area contributed by atoms with Crippen LogP contribution in [0.4, 0.5) is 16.4 Å². The van der Waals surface area contributed by atoms with Crippen LogP contribution in [0, 0.1) is 5.82 Å². The van der Waals surface area contributed by atoms with E-state index in [1.165, 1.54) is 24.6 Å². The number of anilines is 2. The minimum atomic E-state index is -0.381. The van der Waals surface area contributed by atoms with Crippen molar-refractivity contribution in [2.45, 2.75) is 0 Å². The van der Waals surface area contributed by atoms with Crippen molar-refractivity contribution < 1.29 is 13.2 Å². The highest BCUT2D eigenvalue weighted by Crippen LogP contribution is 2.21. The summed E-state index contributed by atoms with van der Waals surface area (Å²) >= 11 is 0. The second-order valence-corrected chi connectivity index (χ2v) is 3.00. The molecule has 3 aromatic rings. The maximum atomic E-state index is 12.9. The Labute approximate surface area is 88.1 Å². The molecule has 2 aromatic heterocycles. The lowest BCUT2D eigenvalue weighted by Crippen LogP contribution is -1.89. The van der Waals surface area contributed by atoms with Gasteiger partial charge in [-0.1, -0.05) is 5.10 Å². The first-order chi connectivity index (χ1) is 7.81. The number of nitrogens with one attached hydrogen (secondary N) is 1. The first-order valence-electron chi connectivity index (χ1n) is 4.40. The molecule has 2 heterocycles. The van der Waals surface area contributed by atoms with Crippen molar-refractivity contribution in [3.05, 3.63) is 30.4 Å². The average Bonchev–Trinajstić information content (AvgIpc) is 2.86. The van der Waals surface area contributed by atoms with Crippen molar-refractivity contribution in [2.24, 2.45) is 0 Å². The van der Waals surface area contributed by atoms with E-state index in [0.29, 0.717) is 11.1 Å². The summed E-state index contributed by atoms with van der Waals surface area (Å²) in [7, 11) is 0. The van der Waals surface area contributed by atoms with Gasteiger partial charge in [0.25, 0.3) is 0 Å². The van der Waals surface area contributed by atoms with Gasteiger partial charge in [0.15, 0.2) is 5.58 Å². The predicted octanol–water partition coefficient (Wildman–Crippen LogP) is 2.09. The molecule has 0 aliphatic rings. The maximum Gasteiger partial charge on any atom is 0.323 e. The molecule has 0 atom stereocenters. The summed E-state index contributed by atoms with van der Waals surface area (Å²) in [5, 5.41) is 9.73. The minimum absolute atomic E-state index is 0.159. The van der Waals surface area contributed by atoms with Crippen molar-refractivity contribution in [3.63, 3.8) is 0 Å². The van der Waals surface area contributed by atoms with Gasteiger partial charge in [-0.25, -0.2) is 4.39 Å². The molecule has 0 radical (unpaired) electrons. The average molecular weight is 220 g/mol. The molecule has 0 saturated carbocycles. The van der Waals surface area contributed by atoms with Crippen LogP contribution in [0.25, 0.3) is 11.1 Å². The van der Waals surface area contributed by atoms with Gasteiger partial charge in [0.2, 0.25) is 6.39 Å². The van der Waals surface area contributed by atoms with E-state index in [2.05, 4.69) is 20.5 Å². The van der Waals surface area contributed by atoms with Crippen LogP contribution in [0.15, 0.2) is 33.4 Å². The van der Waals surface area contributed by atoms with Gasteiger partial charge < -0.3 is 8.83 Å². The van der Waals surface area contributed by atoms with Crippen LogP contribution in [0.3, 0.4) is 0 Å². The van der Waals surface area contributed by atoms with E-state index in [9.17, 15) is 4.39 Å². The van der Waals surface area contributed by atoms with Gasteiger partial charge in [-0.05, 0) is 12.1 Å². The highest BCUT2D eigenvalue weighted by atomic mass is 19.1. The second kappa shape index (κ2) is 3.30. The summed E-state index contributed by atoms with van der Waals surface area (Å²) in [6.45, 7) is 0. The molecule has 7 heteroatoms. The highest BCUT2D eigenvalue weighted by Gasteiger charge is 2.08. The van der Waals surface area contributed by atoms with E-state index in [-0.39, 0.29) is 17.8 Å². The Balaban J connectivity index is 1.99. The van der Waals surface area contributed by atoms with Gasteiger partial charge in [0.1, 0.15) is 11.3 Å². The zero-order valence-corrected chi connectivity index (χ0v) is 7.85. The van der Waals surface area contributed by atoms with Crippen molar-refractivity contribution in [1.82, 2.24) is 15.2 Å². The molecule has 6 nitrogen and oxygen atoms in total.